The van der Waals surface area contributed by atoms with E-state index < -0.39 is 0 Å². The maximum Gasteiger partial charge on any atom is 0.136 e. The van der Waals surface area contributed by atoms with Crippen LogP contribution in [-0.2, 0) is 0 Å². The number of hydrogen-bond acceptors (Lipinski definition) is 3. The van der Waals surface area contributed by atoms with Crippen molar-refractivity contribution in [3.05, 3.63) is 218 Å². The quantitative estimate of drug-likeness (QED) is 0.152. The van der Waals surface area contributed by atoms with Crippen molar-refractivity contribution in [1.82, 2.24) is 0 Å². The third kappa shape index (κ3) is 5.76. The van der Waals surface area contributed by atoms with E-state index in [9.17, 15) is 0 Å². The molecule has 0 N–H and O–H groups in total. The summed E-state index contributed by atoms with van der Waals surface area (Å²) < 4.78 is 6.30. The standard InChI is InChI=1S/C54H36N2O/c1-3-13-37(14-4-1)38-27-30-43(31-28-38)55(46-32-29-40-25-26-41-33-54-51(36-50(41)49(40)35-46)48-22-9-10-24-53(48)57-54)44-19-12-20-45(34-44)56(42-17-5-2-6-18-42)52-23-11-16-39-15-7-8-21-47(39)52/h1-36H. The molecule has 0 unspecified atom stereocenters. The van der Waals surface area contributed by atoms with Crippen LogP contribution in [0.25, 0.3) is 65.4 Å². The van der Waals surface area contributed by atoms with E-state index in [0.29, 0.717) is 0 Å². The van der Waals surface area contributed by atoms with Crippen molar-refractivity contribution in [1.29, 1.82) is 0 Å². The second kappa shape index (κ2) is 13.6. The van der Waals surface area contributed by atoms with Gasteiger partial charge in [-0.2, -0.15) is 0 Å². The number of hydrogen-bond donors (Lipinski definition) is 0. The molecule has 0 saturated carbocycles. The molecule has 0 aliphatic rings. The minimum atomic E-state index is 0.908. The Morgan fingerprint density at radius 2 is 0.807 bits per heavy atom. The third-order valence-electron chi connectivity index (χ3n) is 11.2. The predicted octanol–water partition coefficient (Wildman–Crippen LogP) is 15.7. The molecule has 57 heavy (non-hydrogen) atoms. The fourth-order valence-corrected chi connectivity index (χ4v) is 8.46. The van der Waals surface area contributed by atoms with Crippen molar-refractivity contribution in [3.63, 3.8) is 0 Å². The molecule has 3 heteroatoms. The lowest BCUT2D eigenvalue weighted by Crippen LogP contribution is -2.13. The highest BCUT2D eigenvalue weighted by atomic mass is 16.3. The van der Waals surface area contributed by atoms with Crippen LogP contribution in [0.1, 0.15) is 0 Å². The Morgan fingerprint density at radius 3 is 1.65 bits per heavy atom. The van der Waals surface area contributed by atoms with Crippen molar-refractivity contribution >= 4 is 88.4 Å². The summed E-state index contributed by atoms with van der Waals surface area (Å²) in [4.78, 5) is 4.76. The zero-order valence-electron chi connectivity index (χ0n) is 31.1. The Labute approximate surface area is 330 Å². The molecule has 0 atom stereocenters. The van der Waals surface area contributed by atoms with Crippen LogP contribution in [0.5, 0.6) is 0 Å². The molecule has 10 aromatic carbocycles. The van der Waals surface area contributed by atoms with E-state index in [1.807, 2.05) is 12.1 Å². The fourth-order valence-electron chi connectivity index (χ4n) is 8.46. The van der Waals surface area contributed by atoms with Gasteiger partial charge in [-0.25, -0.2) is 0 Å². The zero-order valence-corrected chi connectivity index (χ0v) is 31.1. The second-order valence-corrected chi connectivity index (χ2v) is 14.6. The number of para-hydroxylation sites is 2. The van der Waals surface area contributed by atoms with Gasteiger partial charge < -0.3 is 14.2 Å². The van der Waals surface area contributed by atoms with Gasteiger partial charge in [-0.05, 0) is 117 Å². The molecule has 0 fully saturated rings. The second-order valence-electron chi connectivity index (χ2n) is 14.6. The molecule has 1 heterocycles. The van der Waals surface area contributed by atoms with Crippen molar-refractivity contribution in [2.75, 3.05) is 9.80 Å². The number of benzene rings is 10. The first-order chi connectivity index (χ1) is 28.2. The molecule has 0 radical (unpaired) electrons. The van der Waals surface area contributed by atoms with Crippen LogP contribution in [0, 0.1) is 0 Å². The normalized spacial score (nSPS) is 11.5. The van der Waals surface area contributed by atoms with Crippen LogP contribution >= 0.6 is 0 Å². The predicted molar refractivity (Wildman–Crippen MR) is 241 cm³/mol. The highest BCUT2D eigenvalue weighted by molar-refractivity contribution is 6.17. The summed E-state index contributed by atoms with van der Waals surface area (Å²) in [6, 6.07) is 78.3. The van der Waals surface area contributed by atoms with Gasteiger partial charge >= 0.3 is 0 Å². The molecule has 3 nitrogen and oxygen atoms in total. The number of furan rings is 1. The lowest BCUT2D eigenvalue weighted by Gasteiger charge is -2.30. The summed E-state index contributed by atoms with van der Waals surface area (Å²) in [5, 5.41) is 9.41. The first kappa shape index (κ1) is 32.8. The van der Waals surface area contributed by atoms with Gasteiger partial charge in [0.25, 0.3) is 0 Å². The van der Waals surface area contributed by atoms with Crippen molar-refractivity contribution in [3.8, 4) is 11.1 Å². The summed E-state index contributed by atoms with van der Waals surface area (Å²) in [6.07, 6.45) is 0. The molecule has 1 aromatic heterocycles. The molecular weight excluding hydrogens is 693 g/mol. The highest BCUT2D eigenvalue weighted by Crippen LogP contribution is 2.44. The SMILES string of the molecule is c1ccc(-c2ccc(N(c3cccc(N(c4ccccc4)c4cccc5ccccc45)c3)c3ccc4ccc5cc6oc7ccccc7c6cc5c4c3)cc2)cc1. The maximum absolute atomic E-state index is 6.30. The fraction of sp³-hybridized carbons (Fsp3) is 0. The van der Waals surface area contributed by atoms with E-state index in [0.717, 1.165) is 61.4 Å². The van der Waals surface area contributed by atoms with E-state index in [4.69, 9.17) is 4.42 Å². The largest absolute Gasteiger partial charge is 0.456 e. The minimum absolute atomic E-state index is 0.908. The van der Waals surface area contributed by atoms with Gasteiger partial charge in [0, 0.05) is 44.6 Å². The van der Waals surface area contributed by atoms with Crippen LogP contribution in [0.3, 0.4) is 0 Å². The van der Waals surface area contributed by atoms with Gasteiger partial charge in [0.1, 0.15) is 11.2 Å². The monoisotopic (exact) mass is 728 g/mol. The molecule has 0 aliphatic heterocycles. The number of rotatable bonds is 7. The molecule has 0 aliphatic carbocycles. The molecule has 11 aromatic rings. The number of nitrogens with zero attached hydrogens (tertiary/aromatic N) is 2. The molecule has 11 rings (SSSR count). The van der Waals surface area contributed by atoms with Crippen LogP contribution in [0.4, 0.5) is 34.1 Å². The first-order valence-corrected chi connectivity index (χ1v) is 19.4. The molecular formula is C54H36N2O. The van der Waals surface area contributed by atoms with Crippen LogP contribution in [-0.4, -0.2) is 0 Å². The van der Waals surface area contributed by atoms with Gasteiger partial charge in [0.05, 0.1) is 5.69 Å². The van der Waals surface area contributed by atoms with Crippen molar-refractivity contribution < 1.29 is 4.42 Å². The van der Waals surface area contributed by atoms with E-state index in [-0.39, 0.29) is 0 Å². The van der Waals surface area contributed by atoms with E-state index in [1.54, 1.807) is 0 Å². The summed E-state index contributed by atoms with van der Waals surface area (Å²) in [5.41, 5.74) is 10.7. The number of fused-ring (bicyclic) bond motifs is 7. The topological polar surface area (TPSA) is 19.6 Å². The van der Waals surface area contributed by atoms with Gasteiger partial charge in [-0.15, -0.1) is 0 Å². The van der Waals surface area contributed by atoms with Crippen molar-refractivity contribution in [2.45, 2.75) is 0 Å². The average Bonchev–Trinajstić information content (AvgIpc) is 3.64. The smallest absolute Gasteiger partial charge is 0.136 e. The van der Waals surface area contributed by atoms with Gasteiger partial charge in [0.2, 0.25) is 0 Å². The Balaban J connectivity index is 1.11. The third-order valence-corrected chi connectivity index (χ3v) is 11.2. The summed E-state index contributed by atoms with van der Waals surface area (Å²) in [5.74, 6) is 0. The molecule has 0 bridgehead atoms. The molecule has 0 amide bonds. The first-order valence-electron chi connectivity index (χ1n) is 19.4. The maximum atomic E-state index is 6.30. The highest BCUT2D eigenvalue weighted by Gasteiger charge is 2.20. The Bertz CT molecular complexity index is 3240. The van der Waals surface area contributed by atoms with E-state index >= 15 is 0 Å². The lowest BCUT2D eigenvalue weighted by atomic mass is 9.98. The van der Waals surface area contributed by atoms with E-state index in [1.165, 1.54) is 38.1 Å². The van der Waals surface area contributed by atoms with Crippen LogP contribution in [0.15, 0.2) is 223 Å². The van der Waals surface area contributed by atoms with Gasteiger partial charge in [-0.3, -0.25) is 0 Å². The lowest BCUT2D eigenvalue weighted by molar-refractivity contribution is 0.669. The molecule has 0 spiro atoms. The molecule has 0 saturated heterocycles. The summed E-state index contributed by atoms with van der Waals surface area (Å²) in [7, 11) is 0. The Morgan fingerprint density at radius 1 is 0.263 bits per heavy atom. The Kier molecular flexibility index (Phi) is 7.82. The van der Waals surface area contributed by atoms with Crippen molar-refractivity contribution in [2.24, 2.45) is 0 Å². The van der Waals surface area contributed by atoms with E-state index in [2.05, 4.69) is 216 Å². The van der Waals surface area contributed by atoms with Crippen LogP contribution < -0.4 is 9.80 Å². The minimum Gasteiger partial charge on any atom is -0.456 e. The summed E-state index contributed by atoms with van der Waals surface area (Å²) >= 11 is 0. The van der Waals surface area contributed by atoms with Gasteiger partial charge in [0.15, 0.2) is 0 Å². The molecule has 268 valence electrons. The summed E-state index contributed by atoms with van der Waals surface area (Å²) in [6.45, 7) is 0. The number of anilines is 6. The average molecular weight is 729 g/mol. The van der Waals surface area contributed by atoms with Crippen LogP contribution in [0.2, 0.25) is 0 Å². The zero-order chi connectivity index (χ0) is 37.7. The van der Waals surface area contributed by atoms with Gasteiger partial charge in [-0.1, -0.05) is 140 Å². The Hall–Kier alpha value is -7.62.